The molecule has 2 aliphatic rings. The first-order chi connectivity index (χ1) is 19.1. The lowest BCUT2D eigenvalue weighted by molar-refractivity contribution is -0.0123. The number of amides is 1. The van der Waals surface area contributed by atoms with Gasteiger partial charge in [-0.2, -0.15) is 0 Å². The Labute approximate surface area is 239 Å². The number of para-hydroxylation sites is 1. The minimum absolute atomic E-state index is 0.0603. The Hall–Kier alpha value is -3.37. The van der Waals surface area contributed by atoms with E-state index in [-0.39, 0.29) is 22.4 Å². The van der Waals surface area contributed by atoms with E-state index in [1.807, 2.05) is 12.1 Å². The summed E-state index contributed by atoms with van der Waals surface area (Å²) in [6.07, 6.45) is 5.88. The van der Waals surface area contributed by atoms with Crippen molar-refractivity contribution >= 4 is 16.8 Å². The Kier molecular flexibility index (Phi) is 6.65. The van der Waals surface area contributed by atoms with Gasteiger partial charge in [0.1, 0.15) is 0 Å². The zero-order valence-electron chi connectivity index (χ0n) is 24.8. The molecule has 0 saturated heterocycles. The molecule has 0 unspecified atom stereocenters. The summed E-state index contributed by atoms with van der Waals surface area (Å²) in [4.78, 5) is 22.9. The van der Waals surface area contributed by atoms with Crippen LogP contribution in [0.4, 0.5) is 0 Å². The fourth-order valence-corrected chi connectivity index (χ4v) is 7.40. The summed E-state index contributed by atoms with van der Waals surface area (Å²) < 4.78 is 0. The highest BCUT2D eigenvalue weighted by Crippen LogP contribution is 2.52. The van der Waals surface area contributed by atoms with E-state index in [0.29, 0.717) is 0 Å². The largest absolute Gasteiger partial charge is 0.356 e. The van der Waals surface area contributed by atoms with Gasteiger partial charge in [0.05, 0.1) is 5.54 Å². The first-order valence-corrected chi connectivity index (χ1v) is 14.9. The third kappa shape index (κ3) is 4.47. The second kappa shape index (κ2) is 9.92. The predicted molar refractivity (Wildman–Crippen MR) is 165 cm³/mol. The minimum Gasteiger partial charge on any atom is -0.356 e. The molecule has 1 aromatic heterocycles. The fourth-order valence-electron chi connectivity index (χ4n) is 7.40. The number of carbonyl (C=O) groups is 1. The molecule has 1 spiro atoms. The molecule has 0 atom stereocenters. The first-order valence-electron chi connectivity index (χ1n) is 14.9. The molecule has 2 heterocycles. The van der Waals surface area contributed by atoms with Gasteiger partial charge in [0.25, 0.3) is 5.91 Å². The number of likely N-dealkylation sites (N-methyl/N-ethyl adjacent to an activating group) is 1. The zero-order chi connectivity index (χ0) is 28.1. The van der Waals surface area contributed by atoms with Crippen LogP contribution in [0.3, 0.4) is 0 Å². The molecule has 4 heteroatoms. The zero-order valence-corrected chi connectivity index (χ0v) is 24.8. The van der Waals surface area contributed by atoms with Crippen LogP contribution in [0.5, 0.6) is 0 Å². The number of fused-ring (bicyclic) bond motifs is 4. The Morgan fingerprint density at radius 1 is 0.875 bits per heavy atom. The number of aromatic amines is 1. The minimum atomic E-state index is -0.331. The van der Waals surface area contributed by atoms with E-state index in [0.717, 1.165) is 50.6 Å². The number of nitrogens with zero attached hydrogens (tertiary/aromatic N) is 2. The van der Waals surface area contributed by atoms with Crippen LogP contribution in [0.25, 0.3) is 10.9 Å². The molecule has 1 fully saturated rings. The number of rotatable bonds is 4. The summed E-state index contributed by atoms with van der Waals surface area (Å²) in [5.41, 5.74) is 7.09. The number of carbonyl (C=O) groups excluding carboxylic acids is 1. The van der Waals surface area contributed by atoms with Crippen LogP contribution in [0.1, 0.15) is 79.2 Å². The van der Waals surface area contributed by atoms with Crippen molar-refractivity contribution in [1.29, 1.82) is 0 Å². The van der Waals surface area contributed by atoms with E-state index in [1.54, 1.807) is 0 Å². The van der Waals surface area contributed by atoms with E-state index in [1.165, 1.54) is 33.3 Å². The van der Waals surface area contributed by atoms with Crippen molar-refractivity contribution in [2.24, 2.45) is 0 Å². The van der Waals surface area contributed by atoms with Crippen LogP contribution >= 0.6 is 0 Å². The lowest BCUT2D eigenvalue weighted by Gasteiger charge is -2.55. The van der Waals surface area contributed by atoms with Gasteiger partial charge in [0.15, 0.2) is 0 Å². The summed E-state index contributed by atoms with van der Waals surface area (Å²) in [5.74, 6) is 0.158. The molecule has 0 bridgehead atoms. The topological polar surface area (TPSA) is 39.3 Å². The van der Waals surface area contributed by atoms with Crippen LogP contribution in [-0.4, -0.2) is 46.9 Å². The summed E-state index contributed by atoms with van der Waals surface area (Å²) in [7, 11) is 4.46. The smallest absolute Gasteiger partial charge is 0.254 e. The number of H-pyrrole nitrogens is 1. The second-order valence-corrected chi connectivity index (χ2v) is 13.4. The van der Waals surface area contributed by atoms with E-state index in [9.17, 15) is 4.79 Å². The van der Waals surface area contributed by atoms with E-state index in [2.05, 4.69) is 116 Å². The SMILES string of the molecule is CN(C)C1(Cc2ccccc2)CCC2(CC1)c1[nH]c3ccccc3c1CCN2C(=O)c1ccc(C(C)(C)C)cc1. The average molecular weight is 534 g/mol. The van der Waals surface area contributed by atoms with Gasteiger partial charge in [-0.25, -0.2) is 0 Å². The van der Waals surface area contributed by atoms with Crippen LogP contribution in [0.15, 0.2) is 78.9 Å². The average Bonchev–Trinajstić information content (AvgIpc) is 3.34. The number of aromatic nitrogens is 1. The molecule has 1 aliphatic heterocycles. The molecule has 4 nitrogen and oxygen atoms in total. The van der Waals surface area contributed by atoms with Gasteiger partial charge in [-0.3, -0.25) is 4.79 Å². The van der Waals surface area contributed by atoms with E-state index < -0.39 is 0 Å². The molecule has 6 rings (SSSR count). The molecule has 1 saturated carbocycles. The molecule has 4 aromatic rings. The van der Waals surface area contributed by atoms with Crippen LogP contribution < -0.4 is 0 Å². The number of benzene rings is 3. The van der Waals surface area contributed by atoms with Gasteiger partial charge in [0.2, 0.25) is 0 Å². The molecule has 1 aliphatic carbocycles. The Balaban J connectivity index is 1.40. The number of hydrogen-bond donors (Lipinski definition) is 1. The Morgan fingerprint density at radius 2 is 1.52 bits per heavy atom. The summed E-state index contributed by atoms with van der Waals surface area (Å²) in [6, 6.07) is 27.9. The quantitative estimate of drug-likeness (QED) is 0.295. The van der Waals surface area contributed by atoms with Crippen LogP contribution in [-0.2, 0) is 23.8 Å². The van der Waals surface area contributed by atoms with Gasteiger partial charge in [-0.15, -0.1) is 0 Å². The highest BCUT2D eigenvalue weighted by molar-refractivity contribution is 5.96. The lowest BCUT2D eigenvalue weighted by Crippen LogP contribution is -2.59. The molecule has 208 valence electrons. The van der Waals surface area contributed by atoms with Crippen LogP contribution in [0.2, 0.25) is 0 Å². The first kappa shape index (κ1) is 26.8. The van der Waals surface area contributed by atoms with Crippen molar-refractivity contribution in [3.8, 4) is 0 Å². The third-order valence-electron chi connectivity index (χ3n) is 9.96. The molecule has 0 radical (unpaired) electrons. The number of nitrogens with one attached hydrogen (secondary N) is 1. The molecule has 3 aromatic carbocycles. The summed E-state index contributed by atoms with van der Waals surface area (Å²) >= 11 is 0. The van der Waals surface area contributed by atoms with Gasteiger partial charge in [-0.1, -0.05) is 81.4 Å². The lowest BCUT2D eigenvalue weighted by atomic mass is 9.65. The highest BCUT2D eigenvalue weighted by atomic mass is 16.2. The summed E-state index contributed by atoms with van der Waals surface area (Å²) in [5, 5.41) is 1.31. The fraction of sp³-hybridized carbons (Fsp3) is 0.417. The van der Waals surface area contributed by atoms with Gasteiger partial charge in [0, 0.05) is 34.2 Å². The maximum atomic E-state index is 14.3. The van der Waals surface area contributed by atoms with Crippen LogP contribution in [0, 0.1) is 0 Å². The molecule has 40 heavy (non-hydrogen) atoms. The van der Waals surface area contributed by atoms with Gasteiger partial charge >= 0.3 is 0 Å². The molecule has 1 N–H and O–H groups in total. The van der Waals surface area contributed by atoms with Crippen molar-refractivity contribution in [2.45, 2.75) is 75.8 Å². The second-order valence-electron chi connectivity index (χ2n) is 13.4. The van der Waals surface area contributed by atoms with Crippen molar-refractivity contribution in [2.75, 3.05) is 20.6 Å². The molecule has 1 amide bonds. The number of hydrogen-bond acceptors (Lipinski definition) is 2. The normalized spacial score (nSPS) is 23.1. The maximum absolute atomic E-state index is 14.3. The Bertz CT molecular complexity index is 1500. The predicted octanol–water partition coefficient (Wildman–Crippen LogP) is 7.48. The standard InChI is InChI=1S/C36H43N3O/c1-34(2,3)28-17-15-27(16-18-28)33(40)39-24-19-30-29-13-9-10-14-31(29)37-32(30)36(39)22-20-35(21-23-36,38(4)5)25-26-11-7-6-8-12-26/h6-18,37H,19-25H2,1-5H3. The maximum Gasteiger partial charge on any atom is 0.254 e. The third-order valence-corrected chi connectivity index (χ3v) is 9.96. The van der Waals surface area contributed by atoms with Crippen molar-refractivity contribution < 1.29 is 4.79 Å². The van der Waals surface area contributed by atoms with Gasteiger partial charge in [-0.05, 0) is 92.9 Å². The Morgan fingerprint density at radius 3 is 2.17 bits per heavy atom. The van der Waals surface area contributed by atoms with E-state index in [4.69, 9.17) is 0 Å². The molecular weight excluding hydrogens is 490 g/mol. The molecular formula is C36H43N3O. The highest BCUT2D eigenvalue weighted by Gasteiger charge is 2.52. The van der Waals surface area contributed by atoms with Gasteiger partial charge < -0.3 is 14.8 Å². The van der Waals surface area contributed by atoms with Crippen molar-refractivity contribution in [1.82, 2.24) is 14.8 Å². The summed E-state index contributed by atoms with van der Waals surface area (Å²) in [6.45, 7) is 7.41. The van der Waals surface area contributed by atoms with Crippen molar-refractivity contribution in [3.63, 3.8) is 0 Å². The van der Waals surface area contributed by atoms with E-state index >= 15 is 0 Å². The van der Waals surface area contributed by atoms with Crippen molar-refractivity contribution in [3.05, 3.63) is 107 Å². The monoisotopic (exact) mass is 533 g/mol.